The maximum absolute atomic E-state index is 11.0. The molecule has 5 N–H and O–H groups in total. The minimum atomic E-state index is -1.70. The number of aliphatic hydroxyl groups excluding tert-OH is 4. The topological polar surface area (TPSA) is 135 Å². The molecule has 7 nitrogen and oxygen atoms in total. The second-order valence-corrected chi connectivity index (χ2v) is 3.67. The van der Waals surface area contributed by atoms with Gasteiger partial charge in [-0.3, -0.25) is 4.79 Å². The summed E-state index contributed by atoms with van der Waals surface area (Å²) in [7, 11) is 0. The van der Waals surface area contributed by atoms with Crippen molar-refractivity contribution in [1.29, 1.82) is 0 Å². The number of carboxylic acids is 1. The molecule has 4 unspecified atom stereocenters. The highest BCUT2D eigenvalue weighted by Gasteiger charge is 2.31. The second kappa shape index (κ2) is 10.4. The lowest BCUT2D eigenvalue weighted by molar-refractivity contribution is -0.143. The van der Waals surface area contributed by atoms with Gasteiger partial charge in [-0.2, -0.15) is 0 Å². The van der Waals surface area contributed by atoms with Crippen molar-refractivity contribution in [3.05, 3.63) is 25.3 Å². The van der Waals surface area contributed by atoms with Crippen LogP contribution in [0, 0.1) is 0 Å². The van der Waals surface area contributed by atoms with Crippen molar-refractivity contribution >= 4 is 11.8 Å². The van der Waals surface area contributed by atoms with Crippen molar-refractivity contribution in [1.82, 2.24) is 0 Å². The molecule has 0 aromatic heterocycles. The standard InChI is InChI=1S/C9H16O5.C3H4O2/c1-3-4-6(11)8(13)9(14)7(12)5(2)10;1-2-3(4)5/h3,5,7-10,12-14H,1,4H2,2H3;2H,1H2,(H,4,5). The SMILES string of the molecule is C=CC(=O)O.C=CCC(=O)C(O)C(O)C(O)C(C)O. The molecule has 0 saturated carbocycles. The first kappa shape index (κ1) is 19.8. The van der Waals surface area contributed by atoms with Gasteiger partial charge in [0.15, 0.2) is 5.78 Å². The van der Waals surface area contributed by atoms with Crippen LogP contribution in [-0.4, -0.2) is 61.7 Å². The van der Waals surface area contributed by atoms with Crippen molar-refractivity contribution in [3.8, 4) is 0 Å². The average Bonchev–Trinajstić information content (AvgIpc) is 2.36. The molecule has 0 fully saturated rings. The number of hydrogen-bond acceptors (Lipinski definition) is 6. The van der Waals surface area contributed by atoms with Crippen LogP contribution in [0.1, 0.15) is 13.3 Å². The zero-order valence-corrected chi connectivity index (χ0v) is 10.6. The number of carboxylic acid groups (broad SMARTS) is 1. The molecule has 0 saturated heterocycles. The van der Waals surface area contributed by atoms with Gasteiger partial charge >= 0.3 is 5.97 Å². The first-order chi connectivity index (χ1) is 8.68. The van der Waals surface area contributed by atoms with Gasteiger partial charge in [0.1, 0.15) is 18.3 Å². The summed E-state index contributed by atoms with van der Waals surface area (Å²) in [5.41, 5.74) is 0. The molecule has 0 heterocycles. The number of allylic oxidation sites excluding steroid dienone is 1. The highest BCUT2D eigenvalue weighted by molar-refractivity contribution is 5.84. The largest absolute Gasteiger partial charge is 0.478 e. The second-order valence-electron chi connectivity index (χ2n) is 3.67. The number of hydrogen-bond donors (Lipinski definition) is 5. The zero-order chi connectivity index (χ0) is 15.6. The minimum absolute atomic E-state index is 0.0925. The van der Waals surface area contributed by atoms with E-state index in [9.17, 15) is 19.8 Å². The van der Waals surface area contributed by atoms with E-state index >= 15 is 0 Å². The van der Waals surface area contributed by atoms with Gasteiger partial charge in [0.25, 0.3) is 0 Å². The van der Waals surface area contributed by atoms with E-state index in [0.717, 1.165) is 6.08 Å². The maximum atomic E-state index is 11.0. The van der Waals surface area contributed by atoms with Gasteiger partial charge in [-0.25, -0.2) is 4.79 Å². The van der Waals surface area contributed by atoms with E-state index in [0.29, 0.717) is 0 Å². The van der Waals surface area contributed by atoms with Crippen LogP contribution in [0.5, 0.6) is 0 Å². The number of ketones is 1. The van der Waals surface area contributed by atoms with Gasteiger partial charge in [0, 0.05) is 12.5 Å². The normalized spacial score (nSPS) is 16.1. The average molecular weight is 276 g/mol. The first-order valence-electron chi connectivity index (χ1n) is 5.40. The lowest BCUT2D eigenvalue weighted by atomic mass is 9.99. The highest BCUT2D eigenvalue weighted by atomic mass is 16.4. The summed E-state index contributed by atoms with van der Waals surface area (Å²) in [5, 5.41) is 44.1. The summed E-state index contributed by atoms with van der Waals surface area (Å²) in [5.74, 6) is -1.63. The number of carbonyl (C=O) groups excluding carboxylic acids is 1. The van der Waals surface area contributed by atoms with Crippen molar-refractivity contribution in [2.45, 2.75) is 37.8 Å². The molecule has 0 amide bonds. The fourth-order valence-corrected chi connectivity index (χ4v) is 0.926. The van der Waals surface area contributed by atoms with E-state index in [2.05, 4.69) is 13.2 Å². The summed E-state index contributed by atoms with van der Waals surface area (Å²) in [6.07, 6.45) is -4.10. The Hall–Kier alpha value is -1.54. The number of aliphatic carboxylic acids is 1. The molecule has 0 aliphatic heterocycles. The molecule has 0 rings (SSSR count). The van der Waals surface area contributed by atoms with Gasteiger partial charge in [-0.1, -0.05) is 12.7 Å². The van der Waals surface area contributed by atoms with Crippen LogP contribution in [-0.2, 0) is 9.59 Å². The Morgan fingerprint density at radius 2 is 1.53 bits per heavy atom. The molecule has 7 heteroatoms. The molecule has 0 aliphatic carbocycles. The summed E-state index contributed by atoms with van der Waals surface area (Å²) in [6.45, 7) is 7.51. The van der Waals surface area contributed by atoms with Gasteiger partial charge in [-0.15, -0.1) is 6.58 Å². The minimum Gasteiger partial charge on any atom is -0.478 e. The molecule has 0 aliphatic rings. The van der Waals surface area contributed by atoms with Crippen LogP contribution < -0.4 is 0 Å². The number of Topliss-reactive ketones (excluding diaryl/α,β-unsaturated/α-hetero) is 1. The molecule has 4 atom stereocenters. The summed E-state index contributed by atoms with van der Waals surface area (Å²) in [4.78, 5) is 20.3. The Bertz CT molecular complexity index is 311. The smallest absolute Gasteiger partial charge is 0.327 e. The maximum Gasteiger partial charge on any atom is 0.327 e. The van der Waals surface area contributed by atoms with Crippen LogP contribution in [0.25, 0.3) is 0 Å². The van der Waals surface area contributed by atoms with Crippen molar-refractivity contribution in [2.24, 2.45) is 0 Å². The molecule has 0 radical (unpaired) electrons. The Balaban J connectivity index is 0. The lowest BCUT2D eigenvalue weighted by Gasteiger charge is -2.23. The molecule has 0 bridgehead atoms. The predicted octanol–water partition coefficient (Wildman–Crippen LogP) is -1.15. The molecule has 0 aromatic carbocycles. The summed E-state index contributed by atoms with van der Waals surface area (Å²) in [6, 6.07) is 0. The van der Waals surface area contributed by atoms with E-state index in [4.69, 9.17) is 15.3 Å². The fourth-order valence-electron chi connectivity index (χ4n) is 0.926. The Morgan fingerprint density at radius 3 is 1.79 bits per heavy atom. The molecule has 110 valence electrons. The van der Waals surface area contributed by atoms with Crippen molar-refractivity contribution in [3.63, 3.8) is 0 Å². The van der Waals surface area contributed by atoms with E-state index in [1.54, 1.807) is 0 Å². The third-order valence-electron chi connectivity index (χ3n) is 2.02. The molecular weight excluding hydrogens is 256 g/mol. The monoisotopic (exact) mass is 276 g/mol. The van der Waals surface area contributed by atoms with Crippen LogP contribution in [0.2, 0.25) is 0 Å². The Labute approximate surface area is 111 Å². The number of rotatable bonds is 7. The predicted molar refractivity (Wildman–Crippen MR) is 67.4 cm³/mol. The third-order valence-corrected chi connectivity index (χ3v) is 2.02. The zero-order valence-electron chi connectivity index (χ0n) is 10.6. The van der Waals surface area contributed by atoms with E-state index in [1.807, 2.05) is 0 Å². The Morgan fingerprint density at radius 1 is 1.11 bits per heavy atom. The van der Waals surface area contributed by atoms with E-state index < -0.39 is 36.2 Å². The van der Waals surface area contributed by atoms with Crippen LogP contribution in [0.4, 0.5) is 0 Å². The highest BCUT2D eigenvalue weighted by Crippen LogP contribution is 2.07. The summed E-state index contributed by atoms with van der Waals surface area (Å²) >= 11 is 0. The van der Waals surface area contributed by atoms with Crippen molar-refractivity contribution < 1.29 is 35.1 Å². The molecular formula is C12H20O7. The van der Waals surface area contributed by atoms with Crippen molar-refractivity contribution in [2.75, 3.05) is 0 Å². The van der Waals surface area contributed by atoms with Crippen LogP contribution >= 0.6 is 0 Å². The molecule has 0 spiro atoms. The quantitative estimate of drug-likeness (QED) is 0.293. The molecule has 0 aromatic rings. The van der Waals surface area contributed by atoms with Gasteiger partial charge in [-0.05, 0) is 6.92 Å². The van der Waals surface area contributed by atoms with Gasteiger partial charge < -0.3 is 25.5 Å². The fraction of sp³-hybridized carbons (Fsp3) is 0.500. The van der Waals surface area contributed by atoms with Crippen LogP contribution in [0.15, 0.2) is 25.3 Å². The third kappa shape index (κ3) is 9.09. The Kier molecular flexibility index (Phi) is 10.8. The number of carbonyl (C=O) groups is 2. The lowest BCUT2D eigenvalue weighted by Crippen LogP contribution is -2.46. The van der Waals surface area contributed by atoms with Crippen LogP contribution in [0.3, 0.4) is 0 Å². The summed E-state index contributed by atoms with van der Waals surface area (Å²) < 4.78 is 0. The first-order valence-corrected chi connectivity index (χ1v) is 5.40. The van der Waals surface area contributed by atoms with Gasteiger partial charge in [0.05, 0.1) is 6.10 Å². The van der Waals surface area contributed by atoms with E-state index in [-0.39, 0.29) is 6.42 Å². The van der Waals surface area contributed by atoms with E-state index in [1.165, 1.54) is 13.0 Å². The molecule has 19 heavy (non-hydrogen) atoms. The van der Waals surface area contributed by atoms with Gasteiger partial charge in [0.2, 0.25) is 0 Å². The number of aliphatic hydroxyl groups is 4.